The molecule has 1 aromatic rings. The third-order valence-corrected chi connectivity index (χ3v) is 5.43. The molecule has 1 saturated carbocycles. The Morgan fingerprint density at radius 3 is 2.00 bits per heavy atom. The summed E-state index contributed by atoms with van der Waals surface area (Å²) in [4.78, 5) is -1.87. The first-order valence-corrected chi connectivity index (χ1v) is 9.79. The van der Waals surface area contributed by atoms with Crippen LogP contribution < -0.4 is 0 Å². The van der Waals surface area contributed by atoms with Crippen LogP contribution in [-0.2, 0) is 0 Å². The molecule has 0 bridgehead atoms. The van der Waals surface area contributed by atoms with E-state index in [0.29, 0.717) is 17.7 Å². The first-order valence-electron chi connectivity index (χ1n) is 7.83. The maximum Gasteiger partial charge on any atom is 0.310 e. The van der Waals surface area contributed by atoms with Crippen LogP contribution >= 0.6 is 10.2 Å². The summed E-state index contributed by atoms with van der Waals surface area (Å²) in [5, 5.41) is 0. The first kappa shape index (κ1) is 18.1. The summed E-state index contributed by atoms with van der Waals surface area (Å²) in [7, 11) is -9.58. The summed E-state index contributed by atoms with van der Waals surface area (Å²) < 4.78 is 63.1. The Bertz CT molecular complexity index is 598. The summed E-state index contributed by atoms with van der Waals surface area (Å²) in [6, 6.07) is 2.87. The fourth-order valence-corrected chi connectivity index (χ4v) is 3.63. The zero-order valence-electron chi connectivity index (χ0n) is 13.0. The molecule has 0 unspecified atom stereocenters. The Morgan fingerprint density at radius 2 is 1.52 bits per heavy atom. The average Bonchev–Trinajstić information content (AvgIpc) is 2.45. The second-order valence-electron chi connectivity index (χ2n) is 6.27. The van der Waals surface area contributed by atoms with Gasteiger partial charge < -0.3 is 0 Å². The third kappa shape index (κ3) is 5.42. The molecule has 0 saturated heterocycles. The Hall–Kier alpha value is -1.22. The summed E-state index contributed by atoms with van der Waals surface area (Å²) in [6.07, 6.45) is 6.69. The minimum absolute atomic E-state index is 0.249. The average molecular weight is 352 g/mol. The highest BCUT2D eigenvalue weighted by atomic mass is 32.5. The van der Waals surface area contributed by atoms with Gasteiger partial charge in [-0.2, -0.15) is 0 Å². The van der Waals surface area contributed by atoms with Crippen LogP contribution in [0.25, 0.3) is 0 Å². The molecule has 0 aromatic heterocycles. The Morgan fingerprint density at radius 1 is 0.957 bits per heavy atom. The van der Waals surface area contributed by atoms with E-state index in [1.807, 2.05) is 0 Å². The van der Waals surface area contributed by atoms with Crippen molar-refractivity contribution in [3.63, 3.8) is 0 Å². The highest BCUT2D eigenvalue weighted by Crippen LogP contribution is 3.02. The van der Waals surface area contributed by atoms with Gasteiger partial charge in [0.2, 0.25) is 0 Å². The summed E-state index contributed by atoms with van der Waals surface area (Å²) >= 11 is 0. The Balaban J connectivity index is 2.01. The van der Waals surface area contributed by atoms with Crippen LogP contribution in [0.1, 0.15) is 51.0 Å². The normalized spacial score (nSPS) is 25.0. The van der Waals surface area contributed by atoms with Crippen LogP contribution in [0.3, 0.4) is 0 Å². The van der Waals surface area contributed by atoms with Gasteiger partial charge in [0.1, 0.15) is 4.90 Å². The largest absolute Gasteiger partial charge is 0.310 e. The van der Waals surface area contributed by atoms with Crippen LogP contribution in [-0.4, -0.2) is 0 Å². The molecule has 0 atom stereocenters. The molecule has 23 heavy (non-hydrogen) atoms. The molecule has 1 aliphatic carbocycles. The second-order valence-corrected chi connectivity index (χ2v) is 8.68. The zero-order chi connectivity index (χ0) is 17.2. The highest BCUT2D eigenvalue weighted by Gasteiger charge is 2.65. The summed E-state index contributed by atoms with van der Waals surface area (Å²) in [6.45, 7) is 2.17. The van der Waals surface area contributed by atoms with Gasteiger partial charge in [0.25, 0.3) is 0 Å². The van der Waals surface area contributed by atoms with Crippen molar-refractivity contribution in [2.75, 3.05) is 0 Å². The van der Waals surface area contributed by atoms with E-state index in [9.17, 15) is 19.4 Å². The SMILES string of the molecule is CCC[C@H]1CC[C@H](C#Cc2ccc(S(F)(F)(F)(F)F)cc2)CC1. The molecular formula is C17H21F5S. The van der Waals surface area contributed by atoms with Gasteiger partial charge in [0, 0.05) is 11.5 Å². The molecule has 0 aliphatic heterocycles. The van der Waals surface area contributed by atoms with Gasteiger partial charge >= 0.3 is 10.2 Å². The highest BCUT2D eigenvalue weighted by molar-refractivity contribution is 8.45. The van der Waals surface area contributed by atoms with Crippen LogP contribution in [0, 0.1) is 23.7 Å². The smallest absolute Gasteiger partial charge is 0.0945 e. The predicted octanol–water partition coefficient (Wildman–Crippen LogP) is 7.30. The summed E-state index contributed by atoms with van der Waals surface area (Å²) in [5.41, 5.74) is 0.339. The molecular weight excluding hydrogens is 331 g/mol. The lowest BCUT2D eigenvalue weighted by atomic mass is 9.80. The number of hydrogen-bond donors (Lipinski definition) is 0. The topological polar surface area (TPSA) is 0 Å². The zero-order valence-corrected chi connectivity index (χ0v) is 13.8. The molecule has 0 N–H and O–H groups in total. The molecule has 0 radical (unpaired) electrons. The van der Waals surface area contributed by atoms with Crippen molar-refractivity contribution >= 4 is 10.2 Å². The van der Waals surface area contributed by atoms with Gasteiger partial charge in [-0.3, -0.25) is 0 Å². The van der Waals surface area contributed by atoms with Crippen LogP contribution in [0.4, 0.5) is 19.4 Å². The lowest BCUT2D eigenvalue weighted by molar-refractivity contribution is 0.300. The molecule has 0 heterocycles. The van der Waals surface area contributed by atoms with Gasteiger partial charge in [-0.15, -0.1) is 0 Å². The van der Waals surface area contributed by atoms with E-state index in [0.717, 1.165) is 43.7 Å². The molecule has 6 heteroatoms. The van der Waals surface area contributed by atoms with Gasteiger partial charge in [0.15, 0.2) is 0 Å². The minimum Gasteiger partial charge on any atom is -0.0945 e. The molecule has 2 rings (SSSR count). The monoisotopic (exact) mass is 352 g/mol. The first-order chi connectivity index (χ1) is 10.5. The lowest BCUT2D eigenvalue weighted by Crippen LogP contribution is -2.13. The fraction of sp³-hybridized carbons (Fsp3) is 0.529. The van der Waals surface area contributed by atoms with Crippen molar-refractivity contribution in [3.8, 4) is 11.8 Å². The van der Waals surface area contributed by atoms with Crippen molar-refractivity contribution in [2.45, 2.75) is 50.3 Å². The Labute approximate surface area is 134 Å². The third-order valence-electron chi connectivity index (χ3n) is 4.26. The van der Waals surface area contributed by atoms with Gasteiger partial charge in [-0.05, 0) is 55.9 Å². The molecule has 1 fully saturated rings. The fourth-order valence-electron chi connectivity index (χ4n) is 2.98. The maximum atomic E-state index is 12.6. The van der Waals surface area contributed by atoms with E-state index >= 15 is 0 Å². The van der Waals surface area contributed by atoms with Crippen LogP contribution in [0.15, 0.2) is 29.2 Å². The number of rotatable bonds is 3. The van der Waals surface area contributed by atoms with Crippen molar-refractivity contribution in [1.29, 1.82) is 0 Å². The standard InChI is InChI=1S/C17H21F5S/c1-2-3-14-4-6-15(7-5-14)8-9-16-10-12-17(13-11-16)23(18,19,20,21)22/h10-15H,2-7H2,1H3/t14-,15-. The predicted molar refractivity (Wildman–Crippen MR) is 85.1 cm³/mol. The van der Waals surface area contributed by atoms with E-state index in [2.05, 4.69) is 18.8 Å². The Kier molecular flexibility index (Phi) is 4.49. The van der Waals surface area contributed by atoms with Crippen LogP contribution in [0.2, 0.25) is 0 Å². The second kappa shape index (κ2) is 5.70. The number of halogens is 5. The summed E-state index contributed by atoms with van der Waals surface area (Å²) in [5.74, 6) is 6.89. The van der Waals surface area contributed by atoms with E-state index in [4.69, 9.17) is 0 Å². The van der Waals surface area contributed by atoms with Gasteiger partial charge in [-0.1, -0.05) is 51.0 Å². The maximum absolute atomic E-state index is 12.6. The molecule has 0 spiro atoms. The van der Waals surface area contributed by atoms with E-state index < -0.39 is 15.1 Å². The van der Waals surface area contributed by atoms with Crippen molar-refractivity contribution in [3.05, 3.63) is 29.8 Å². The molecule has 0 nitrogen and oxygen atoms in total. The molecule has 1 aliphatic rings. The van der Waals surface area contributed by atoms with Gasteiger partial charge in [0.05, 0.1) is 0 Å². The van der Waals surface area contributed by atoms with Crippen molar-refractivity contribution in [1.82, 2.24) is 0 Å². The molecule has 130 valence electrons. The number of hydrogen-bond acceptors (Lipinski definition) is 0. The minimum atomic E-state index is -9.58. The van der Waals surface area contributed by atoms with E-state index in [1.54, 1.807) is 0 Å². The molecule has 1 aromatic carbocycles. The van der Waals surface area contributed by atoms with Crippen LogP contribution in [0.5, 0.6) is 0 Å². The van der Waals surface area contributed by atoms with Crippen molar-refractivity contribution < 1.29 is 19.4 Å². The van der Waals surface area contributed by atoms with E-state index in [-0.39, 0.29) is 5.92 Å². The quantitative estimate of drug-likeness (QED) is 0.395. The van der Waals surface area contributed by atoms with E-state index in [1.165, 1.54) is 12.8 Å². The molecule has 0 amide bonds. The van der Waals surface area contributed by atoms with Gasteiger partial charge in [-0.25, -0.2) is 0 Å². The number of benzene rings is 1. The van der Waals surface area contributed by atoms with Crippen molar-refractivity contribution in [2.24, 2.45) is 11.8 Å². The lowest BCUT2D eigenvalue weighted by Gasteiger charge is -2.40.